The zero-order valence-corrected chi connectivity index (χ0v) is 14.3. The summed E-state index contributed by atoms with van der Waals surface area (Å²) in [7, 11) is 0. The third-order valence-corrected chi connectivity index (χ3v) is 4.42. The van der Waals surface area contributed by atoms with E-state index in [-0.39, 0.29) is 0 Å². The van der Waals surface area contributed by atoms with Crippen LogP contribution < -0.4 is 0 Å². The molecule has 0 N–H and O–H groups in total. The van der Waals surface area contributed by atoms with E-state index in [0.29, 0.717) is 5.92 Å². The fraction of sp³-hybridized carbons (Fsp3) is 0.227. The average molecular weight is 315 g/mol. The number of fused-ring (bicyclic) bond motifs is 3. The fourth-order valence-electron chi connectivity index (χ4n) is 3.31. The Bertz CT molecular complexity index is 1010. The van der Waals surface area contributed by atoms with E-state index in [9.17, 15) is 0 Å². The minimum atomic E-state index is 0.599. The van der Waals surface area contributed by atoms with E-state index in [2.05, 4.69) is 74.3 Å². The van der Waals surface area contributed by atoms with Gasteiger partial charge in [0.05, 0.1) is 5.69 Å². The van der Waals surface area contributed by atoms with Crippen LogP contribution in [0.3, 0.4) is 0 Å². The van der Waals surface area contributed by atoms with E-state index < -0.39 is 0 Å². The lowest BCUT2D eigenvalue weighted by Gasteiger charge is -2.04. The van der Waals surface area contributed by atoms with Crippen LogP contribution in [0.4, 0.5) is 0 Å². The van der Waals surface area contributed by atoms with Crippen molar-refractivity contribution < 1.29 is 4.42 Å². The molecule has 0 radical (unpaired) electrons. The molecule has 0 bridgehead atoms. The Kier molecular flexibility index (Phi) is 3.61. The van der Waals surface area contributed by atoms with Gasteiger partial charge in [0.2, 0.25) is 0 Å². The SMILES string of the molecule is Cc1ccc(-c2cccc3c2oc2c(CC(C)C)cccc23)nc1. The van der Waals surface area contributed by atoms with Crippen LogP contribution >= 0.6 is 0 Å². The molecule has 0 amide bonds. The molecule has 0 aliphatic rings. The van der Waals surface area contributed by atoms with Crippen molar-refractivity contribution in [2.45, 2.75) is 27.2 Å². The number of pyridine rings is 1. The molecule has 2 heteroatoms. The predicted octanol–water partition coefficient (Wildman–Crippen LogP) is 6.15. The molecule has 0 saturated carbocycles. The van der Waals surface area contributed by atoms with E-state index in [4.69, 9.17) is 4.42 Å². The number of furan rings is 1. The molecular weight excluding hydrogens is 294 g/mol. The van der Waals surface area contributed by atoms with Gasteiger partial charge in [-0.25, -0.2) is 0 Å². The molecule has 2 nitrogen and oxygen atoms in total. The summed E-state index contributed by atoms with van der Waals surface area (Å²) >= 11 is 0. The van der Waals surface area contributed by atoms with Gasteiger partial charge in [-0.15, -0.1) is 0 Å². The highest BCUT2D eigenvalue weighted by Gasteiger charge is 2.15. The third-order valence-electron chi connectivity index (χ3n) is 4.42. The topological polar surface area (TPSA) is 26.0 Å². The van der Waals surface area contributed by atoms with Crippen LogP contribution in [-0.2, 0) is 6.42 Å². The number of benzene rings is 2. The number of aryl methyl sites for hydroxylation is 1. The van der Waals surface area contributed by atoms with Crippen molar-refractivity contribution >= 4 is 21.9 Å². The highest BCUT2D eigenvalue weighted by molar-refractivity contribution is 6.10. The number of hydrogen-bond acceptors (Lipinski definition) is 2. The van der Waals surface area contributed by atoms with Crippen molar-refractivity contribution in [2.24, 2.45) is 5.92 Å². The van der Waals surface area contributed by atoms with Gasteiger partial charge in [-0.05, 0) is 42.5 Å². The molecular formula is C22H21NO. The summed E-state index contributed by atoms with van der Waals surface area (Å²) < 4.78 is 6.36. The Morgan fingerprint density at radius 1 is 0.917 bits per heavy atom. The summed E-state index contributed by atoms with van der Waals surface area (Å²) in [5, 5.41) is 2.35. The lowest BCUT2D eigenvalue weighted by atomic mass is 10.00. The van der Waals surface area contributed by atoms with Gasteiger partial charge in [0.15, 0.2) is 0 Å². The number of para-hydroxylation sites is 2. The van der Waals surface area contributed by atoms with Crippen molar-refractivity contribution in [3.63, 3.8) is 0 Å². The van der Waals surface area contributed by atoms with Crippen LogP contribution in [0.2, 0.25) is 0 Å². The van der Waals surface area contributed by atoms with Gasteiger partial charge in [0.1, 0.15) is 11.2 Å². The third kappa shape index (κ3) is 2.48. The molecule has 0 spiro atoms. The molecule has 2 heterocycles. The summed E-state index contributed by atoms with van der Waals surface area (Å²) in [6.45, 7) is 6.53. The first-order valence-corrected chi connectivity index (χ1v) is 8.49. The van der Waals surface area contributed by atoms with Crippen LogP contribution in [0.15, 0.2) is 59.1 Å². The predicted molar refractivity (Wildman–Crippen MR) is 100 cm³/mol. The smallest absolute Gasteiger partial charge is 0.144 e. The van der Waals surface area contributed by atoms with E-state index in [1.165, 1.54) is 10.9 Å². The lowest BCUT2D eigenvalue weighted by Crippen LogP contribution is -1.93. The van der Waals surface area contributed by atoms with Gasteiger partial charge in [0, 0.05) is 22.5 Å². The van der Waals surface area contributed by atoms with Gasteiger partial charge >= 0.3 is 0 Å². The molecule has 0 fully saturated rings. The van der Waals surface area contributed by atoms with Crippen molar-refractivity contribution in [1.29, 1.82) is 0 Å². The van der Waals surface area contributed by atoms with Crippen LogP contribution in [0.5, 0.6) is 0 Å². The van der Waals surface area contributed by atoms with Crippen LogP contribution in [0.25, 0.3) is 33.2 Å². The molecule has 120 valence electrons. The van der Waals surface area contributed by atoms with E-state index >= 15 is 0 Å². The Hall–Kier alpha value is -2.61. The number of nitrogens with zero attached hydrogens (tertiary/aromatic N) is 1. The summed E-state index contributed by atoms with van der Waals surface area (Å²) in [5.74, 6) is 0.599. The largest absolute Gasteiger partial charge is 0.455 e. The van der Waals surface area contributed by atoms with Gasteiger partial charge in [-0.2, -0.15) is 0 Å². The van der Waals surface area contributed by atoms with Gasteiger partial charge in [-0.1, -0.05) is 50.2 Å². The Morgan fingerprint density at radius 2 is 1.67 bits per heavy atom. The van der Waals surface area contributed by atoms with E-state index in [1.807, 2.05) is 6.20 Å². The quantitative estimate of drug-likeness (QED) is 0.453. The first-order chi connectivity index (χ1) is 11.6. The number of aromatic nitrogens is 1. The molecule has 4 aromatic rings. The number of hydrogen-bond donors (Lipinski definition) is 0. The second-order valence-electron chi connectivity index (χ2n) is 6.90. The van der Waals surface area contributed by atoms with Gasteiger partial charge in [-0.3, -0.25) is 4.98 Å². The van der Waals surface area contributed by atoms with E-state index in [0.717, 1.165) is 39.8 Å². The summed E-state index contributed by atoms with van der Waals surface area (Å²) in [5.41, 5.74) is 6.40. The first kappa shape index (κ1) is 14.9. The summed E-state index contributed by atoms with van der Waals surface area (Å²) in [6, 6.07) is 16.9. The minimum Gasteiger partial charge on any atom is -0.455 e. The van der Waals surface area contributed by atoms with Crippen molar-refractivity contribution in [3.8, 4) is 11.3 Å². The average Bonchev–Trinajstić information content (AvgIpc) is 2.95. The van der Waals surface area contributed by atoms with Crippen molar-refractivity contribution in [1.82, 2.24) is 4.98 Å². The molecule has 24 heavy (non-hydrogen) atoms. The summed E-state index contributed by atoms with van der Waals surface area (Å²) in [6.07, 6.45) is 2.93. The van der Waals surface area contributed by atoms with Crippen molar-refractivity contribution in [2.75, 3.05) is 0 Å². The summed E-state index contributed by atoms with van der Waals surface area (Å²) in [4.78, 5) is 4.58. The van der Waals surface area contributed by atoms with Crippen molar-refractivity contribution in [3.05, 3.63) is 65.9 Å². The molecule has 2 aromatic carbocycles. The molecule has 0 unspecified atom stereocenters. The van der Waals surface area contributed by atoms with Crippen LogP contribution in [0, 0.1) is 12.8 Å². The highest BCUT2D eigenvalue weighted by Crippen LogP contribution is 2.36. The zero-order chi connectivity index (χ0) is 16.7. The number of rotatable bonds is 3. The van der Waals surface area contributed by atoms with Gasteiger partial charge in [0.25, 0.3) is 0 Å². The molecule has 0 atom stereocenters. The second kappa shape index (κ2) is 5.79. The molecule has 0 aliphatic carbocycles. The Morgan fingerprint density at radius 3 is 2.38 bits per heavy atom. The molecule has 2 aromatic heterocycles. The fourth-order valence-corrected chi connectivity index (χ4v) is 3.31. The van der Waals surface area contributed by atoms with Gasteiger partial charge < -0.3 is 4.42 Å². The highest BCUT2D eigenvalue weighted by atomic mass is 16.3. The zero-order valence-electron chi connectivity index (χ0n) is 14.3. The Labute approximate surface area is 142 Å². The van der Waals surface area contributed by atoms with E-state index in [1.54, 1.807) is 0 Å². The monoisotopic (exact) mass is 315 g/mol. The molecule has 0 saturated heterocycles. The first-order valence-electron chi connectivity index (χ1n) is 8.49. The second-order valence-corrected chi connectivity index (χ2v) is 6.90. The normalized spacial score (nSPS) is 11.7. The minimum absolute atomic E-state index is 0.599. The van der Waals surface area contributed by atoms with Crippen LogP contribution in [-0.4, -0.2) is 4.98 Å². The van der Waals surface area contributed by atoms with Crippen LogP contribution in [0.1, 0.15) is 25.0 Å². The maximum absolute atomic E-state index is 6.36. The lowest BCUT2D eigenvalue weighted by molar-refractivity contribution is 0.624. The maximum Gasteiger partial charge on any atom is 0.144 e. The standard InChI is InChI=1S/C22H21NO/c1-14(2)12-16-6-4-7-17-18-8-5-9-19(22(18)24-21(16)17)20-11-10-15(3)13-23-20/h4-11,13-14H,12H2,1-3H3. The molecule has 0 aliphatic heterocycles. The molecule has 4 rings (SSSR count). The maximum atomic E-state index is 6.36. The Balaban J connectivity index is 1.99.